The monoisotopic (exact) mass is 299 g/mol. The van der Waals surface area contributed by atoms with E-state index in [4.69, 9.17) is 10.5 Å². The highest BCUT2D eigenvalue weighted by Gasteiger charge is 2.05. The van der Waals surface area contributed by atoms with Crippen molar-refractivity contribution in [2.45, 2.75) is 0 Å². The molecule has 0 spiro atoms. The molecule has 0 saturated carbocycles. The van der Waals surface area contributed by atoms with E-state index in [0.29, 0.717) is 27.1 Å². The average Bonchev–Trinajstić information content (AvgIpc) is 2.41. The van der Waals surface area contributed by atoms with Gasteiger partial charge in [-0.1, -0.05) is 0 Å². The lowest BCUT2D eigenvalue weighted by atomic mass is 10.1. The van der Waals surface area contributed by atoms with Gasteiger partial charge in [-0.05, 0) is 34.1 Å². The van der Waals surface area contributed by atoms with E-state index >= 15 is 0 Å². The second kappa shape index (κ2) is 5.26. The van der Waals surface area contributed by atoms with Crippen LogP contribution in [0.2, 0.25) is 0 Å². The Hall–Kier alpha value is -2.44. The SMILES string of the molecule is N#Cc1ccc(Nc2ncncc2Br)cc1C#N. The van der Waals surface area contributed by atoms with E-state index in [9.17, 15) is 0 Å². The van der Waals surface area contributed by atoms with Crippen LogP contribution in [0, 0.1) is 22.7 Å². The first-order valence-corrected chi connectivity index (χ1v) is 5.70. The van der Waals surface area contributed by atoms with Crippen molar-refractivity contribution in [3.05, 3.63) is 46.3 Å². The van der Waals surface area contributed by atoms with Crippen LogP contribution in [0.25, 0.3) is 0 Å². The summed E-state index contributed by atoms with van der Waals surface area (Å²) in [5, 5.41) is 20.8. The van der Waals surface area contributed by atoms with Crippen molar-refractivity contribution < 1.29 is 0 Å². The van der Waals surface area contributed by atoms with E-state index in [1.165, 1.54) is 6.33 Å². The zero-order valence-electron chi connectivity index (χ0n) is 9.05. The van der Waals surface area contributed by atoms with E-state index in [1.807, 2.05) is 12.1 Å². The number of hydrogen-bond acceptors (Lipinski definition) is 5. The first-order valence-electron chi connectivity index (χ1n) is 4.91. The van der Waals surface area contributed by atoms with E-state index in [0.717, 1.165) is 0 Å². The molecule has 1 N–H and O–H groups in total. The highest BCUT2D eigenvalue weighted by atomic mass is 79.9. The molecular weight excluding hydrogens is 294 g/mol. The number of aromatic nitrogens is 2. The maximum absolute atomic E-state index is 8.93. The molecule has 0 aliphatic heterocycles. The van der Waals surface area contributed by atoms with E-state index in [1.54, 1.807) is 24.4 Å². The van der Waals surface area contributed by atoms with E-state index in [-0.39, 0.29) is 0 Å². The zero-order valence-corrected chi connectivity index (χ0v) is 10.6. The van der Waals surface area contributed by atoms with Gasteiger partial charge in [0.15, 0.2) is 0 Å². The lowest BCUT2D eigenvalue weighted by Crippen LogP contribution is -1.96. The third-order valence-corrected chi connectivity index (χ3v) is 2.77. The minimum absolute atomic E-state index is 0.327. The molecule has 0 aliphatic rings. The van der Waals surface area contributed by atoms with Gasteiger partial charge in [-0.2, -0.15) is 10.5 Å². The minimum atomic E-state index is 0.327. The van der Waals surface area contributed by atoms with Gasteiger partial charge in [0.25, 0.3) is 0 Å². The van der Waals surface area contributed by atoms with Crippen molar-refractivity contribution in [3.8, 4) is 12.1 Å². The number of anilines is 2. The van der Waals surface area contributed by atoms with Crippen molar-refractivity contribution in [3.63, 3.8) is 0 Å². The van der Waals surface area contributed by atoms with Gasteiger partial charge in [-0.3, -0.25) is 0 Å². The average molecular weight is 300 g/mol. The van der Waals surface area contributed by atoms with Gasteiger partial charge in [-0.25, -0.2) is 9.97 Å². The normalized spacial score (nSPS) is 9.28. The van der Waals surface area contributed by atoms with Crippen LogP contribution in [-0.4, -0.2) is 9.97 Å². The van der Waals surface area contributed by atoms with Crippen LogP contribution in [0.4, 0.5) is 11.5 Å². The van der Waals surface area contributed by atoms with Crippen molar-refractivity contribution >= 4 is 27.4 Å². The minimum Gasteiger partial charge on any atom is -0.339 e. The van der Waals surface area contributed by atoms with Crippen LogP contribution in [0.15, 0.2) is 35.2 Å². The lowest BCUT2D eigenvalue weighted by Gasteiger charge is -2.07. The van der Waals surface area contributed by atoms with Gasteiger partial charge in [0.05, 0.1) is 15.6 Å². The number of halogens is 1. The predicted octanol–water partition coefficient (Wildman–Crippen LogP) is 2.73. The Morgan fingerprint density at radius 2 is 1.94 bits per heavy atom. The topological polar surface area (TPSA) is 85.4 Å². The highest BCUT2D eigenvalue weighted by Crippen LogP contribution is 2.23. The standard InChI is InChI=1S/C12H6BrN5/c13-11-6-16-7-17-12(11)18-10-2-1-8(4-14)9(3-10)5-15/h1-3,6-7H,(H,16,17,18). The van der Waals surface area contributed by atoms with Gasteiger partial charge in [0.2, 0.25) is 0 Å². The fourth-order valence-corrected chi connectivity index (χ4v) is 1.67. The van der Waals surface area contributed by atoms with Crippen molar-refractivity contribution in [2.75, 3.05) is 5.32 Å². The summed E-state index contributed by atoms with van der Waals surface area (Å²) in [7, 11) is 0. The van der Waals surface area contributed by atoms with Gasteiger partial charge < -0.3 is 5.32 Å². The Morgan fingerprint density at radius 3 is 2.61 bits per heavy atom. The summed E-state index contributed by atoms with van der Waals surface area (Å²) in [5.41, 5.74) is 1.36. The van der Waals surface area contributed by atoms with Crippen LogP contribution in [0.1, 0.15) is 11.1 Å². The molecule has 5 nitrogen and oxygen atoms in total. The third kappa shape index (κ3) is 2.45. The number of rotatable bonds is 2. The number of nitrogens with one attached hydrogen (secondary N) is 1. The molecule has 1 aromatic heterocycles. The number of nitriles is 2. The zero-order chi connectivity index (χ0) is 13.0. The predicted molar refractivity (Wildman–Crippen MR) is 68.9 cm³/mol. The summed E-state index contributed by atoms with van der Waals surface area (Å²) in [6.45, 7) is 0. The Morgan fingerprint density at radius 1 is 1.17 bits per heavy atom. The second-order valence-corrected chi connectivity index (χ2v) is 4.18. The number of hydrogen-bond donors (Lipinski definition) is 1. The molecule has 1 heterocycles. The molecule has 0 saturated heterocycles. The third-order valence-electron chi connectivity index (χ3n) is 2.19. The van der Waals surface area contributed by atoms with Crippen molar-refractivity contribution in [2.24, 2.45) is 0 Å². The Balaban J connectivity index is 2.35. The summed E-state index contributed by atoms with van der Waals surface area (Å²) in [6.07, 6.45) is 3.03. The molecule has 0 bridgehead atoms. The fraction of sp³-hybridized carbons (Fsp3) is 0. The summed E-state index contributed by atoms with van der Waals surface area (Å²) in [4.78, 5) is 7.91. The van der Waals surface area contributed by atoms with Crippen LogP contribution >= 0.6 is 15.9 Å². The largest absolute Gasteiger partial charge is 0.339 e. The summed E-state index contributed by atoms with van der Waals surface area (Å²) < 4.78 is 0.716. The van der Waals surface area contributed by atoms with Crippen molar-refractivity contribution in [1.29, 1.82) is 10.5 Å². The second-order valence-electron chi connectivity index (χ2n) is 3.33. The smallest absolute Gasteiger partial charge is 0.148 e. The molecule has 0 unspecified atom stereocenters. The Bertz CT molecular complexity index is 669. The molecule has 0 atom stereocenters. The molecular formula is C12H6BrN5. The summed E-state index contributed by atoms with van der Waals surface area (Å²) in [5.74, 6) is 0.596. The van der Waals surface area contributed by atoms with Crippen LogP contribution in [0.5, 0.6) is 0 Å². The summed E-state index contributed by atoms with van der Waals surface area (Å²) >= 11 is 3.31. The number of benzene rings is 1. The van der Waals surface area contributed by atoms with Crippen LogP contribution < -0.4 is 5.32 Å². The maximum Gasteiger partial charge on any atom is 0.148 e. The lowest BCUT2D eigenvalue weighted by molar-refractivity contribution is 1.15. The molecule has 0 amide bonds. The Labute approximate surface area is 112 Å². The molecule has 1 aromatic carbocycles. The number of nitrogens with zero attached hydrogens (tertiary/aromatic N) is 4. The molecule has 18 heavy (non-hydrogen) atoms. The molecule has 6 heteroatoms. The molecule has 2 rings (SSSR count). The molecule has 86 valence electrons. The summed E-state index contributed by atoms with van der Waals surface area (Å²) in [6, 6.07) is 8.86. The van der Waals surface area contributed by atoms with Crippen LogP contribution in [0.3, 0.4) is 0 Å². The Kier molecular flexibility index (Phi) is 3.52. The van der Waals surface area contributed by atoms with Gasteiger partial charge >= 0.3 is 0 Å². The van der Waals surface area contributed by atoms with E-state index < -0.39 is 0 Å². The molecule has 2 aromatic rings. The fourth-order valence-electron chi connectivity index (χ4n) is 1.35. The highest BCUT2D eigenvalue weighted by molar-refractivity contribution is 9.10. The van der Waals surface area contributed by atoms with Gasteiger partial charge in [0, 0.05) is 11.9 Å². The molecule has 0 fully saturated rings. The quantitative estimate of drug-likeness (QED) is 0.921. The van der Waals surface area contributed by atoms with E-state index in [2.05, 4.69) is 31.2 Å². The van der Waals surface area contributed by atoms with Gasteiger partial charge in [0.1, 0.15) is 24.3 Å². The van der Waals surface area contributed by atoms with Gasteiger partial charge in [-0.15, -0.1) is 0 Å². The first-order chi connectivity index (χ1) is 8.74. The molecule has 0 radical (unpaired) electrons. The molecule has 0 aliphatic carbocycles. The van der Waals surface area contributed by atoms with Crippen molar-refractivity contribution in [1.82, 2.24) is 9.97 Å². The first kappa shape index (κ1) is 12.0. The maximum atomic E-state index is 8.93. The van der Waals surface area contributed by atoms with Crippen LogP contribution in [-0.2, 0) is 0 Å².